The van der Waals surface area contributed by atoms with Crippen molar-refractivity contribution in [1.29, 1.82) is 0 Å². The Hall–Kier alpha value is -3.44. The number of amides is 4. The van der Waals surface area contributed by atoms with Gasteiger partial charge in [0.05, 0.1) is 12.2 Å². The predicted octanol–water partition coefficient (Wildman–Crippen LogP) is 2.92. The van der Waals surface area contributed by atoms with Gasteiger partial charge in [-0.25, -0.2) is 13.6 Å². The van der Waals surface area contributed by atoms with Crippen molar-refractivity contribution in [2.75, 3.05) is 13.2 Å². The van der Waals surface area contributed by atoms with Crippen molar-refractivity contribution in [2.24, 2.45) is 11.7 Å². The fourth-order valence-corrected chi connectivity index (χ4v) is 4.19. The van der Waals surface area contributed by atoms with Crippen LogP contribution in [0.4, 0.5) is 13.6 Å². The molecule has 9 nitrogen and oxygen atoms in total. The van der Waals surface area contributed by atoms with Crippen LogP contribution in [0, 0.1) is 18.7 Å². The van der Waals surface area contributed by atoms with Crippen LogP contribution >= 0.6 is 0 Å². The van der Waals surface area contributed by atoms with Crippen molar-refractivity contribution in [3.8, 4) is 11.5 Å². The maximum atomic E-state index is 15.3. The van der Waals surface area contributed by atoms with E-state index in [1.165, 1.54) is 18.3 Å². The first-order valence-electron chi connectivity index (χ1n) is 11.3. The number of hydrogen-bond donors (Lipinski definition) is 2. The van der Waals surface area contributed by atoms with Gasteiger partial charge in [0.1, 0.15) is 29.4 Å². The number of rotatable bonds is 7. The Morgan fingerprint density at radius 2 is 1.91 bits per heavy atom. The molecule has 3 heterocycles. The van der Waals surface area contributed by atoms with Gasteiger partial charge in [0.15, 0.2) is 0 Å². The normalized spacial score (nSPS) is 21.0. The number of pyridine rings is 1. The van der Waals surface area contributed by atoms with E-state index in [1.807, 2.05) is 6.92 Å². The summed E-state index contributed by atoms with van der Waals surface area (Å²) in [5.74, 6) is -3.28. The summed E-state index contributed by atoms with van der Waals surface area (Å²) in [5, 5.41) is 2.12. The Kier molecular flexibility index (Phi) is 7.37. The molecule has 2 saturated heterocycles. The van der Waals surface area contributed by atoms with Crippen molar-refractivity contribution in [3.63, 3.8) is 0 Å². The number of aromatic nitrogens is 1. The monoisotopic (exact) mass is 488 g/mol. The van der Waals surface area contributed by atoms with Crippen LogP contribution in [0.5, 0.6) is 11.5 Å². The van der Waals surface area contributed by atoms with E-state index < -0.39 is 54.3 Å². The van der Waals surface area contributed by atoms with Crippen molar-refractivity contribution in [2.45, 2.75) is 44.4 Å². The number of carbonyl (C=O) groups is 3. The van der Waals surface area contributed by atoms with Crippen LogP contribution in [0.3, 0.4) is 0 Å². The highest BCUT2D eigenvalue weighted by molar-refractivity contribution is 6.16. The average molecular weight is 488 g/mol. The van der Waals surface area contributed by atoms with E-state index in [9.17, 15) is 18.8 Å². The molecule has 0 spiro atoms. The number of nitrogens with one attached hydrogen (secondary N) is 1. The van der Waals surface area contributed by atoms with Crippen molar-refractivity contribution >= 4 is 17.8 Å². The van der Waals surface area contributed by atoms with E-state index in [1.54, 1.807) is 12.1 Å². The lowest BCUT2D eigenvalue weighted by Crippen LogP contribution is -2.62. The second kappa shape index (κ2) is 10.4. The highest BCUT2D eigenvalue weighted by Gasteiger charge is 2.45. The van der Waals surface area contributed by atoms with Crippen LogP contribution in [0.1, 0.15) is 36.6 Å². The van der Waals surface area contributed by atoms with E-state index in [-0.39, 0.29) is 11.3 Å². The first kappa shape index (κ1) is 24.7. The zero-order chi connectivity index (χ0) is 25.1. The Morgan fingerprint density at radius 1 is 1.20 bits per heavy atom. The lowest BCUT2D eigenvalue weighted by Gasteiger charge is -2.37. The molecule has 0 aliphatic carbocycles. The van der Waals surface area contributed by atoms with Crippen LogP contribution < -0.4 is 15.8 Å². The molecule has 2 fully saturated rings. The molecule has 0 radical (unpaired) electrons. The zero-order valence-corrected chi connectivity index (χ0v) is 19.1. The molecule has 2 aromatic rings. The smallest absolute Gasteiger partial charge is 0.331 e. The summed E-state index contributed by atoms with van der Waals surface area (Å²) < 4.78 is 40.7. The fraction of sp³-hybridized carbons (Fsp3) is 0.417. The lowest BCUT2D eigenvalue weighted by atomic mass is 9.91. The summed E-state index contributed by atoms with van der Waals surface area (Å²) in [7, 11) is 0. The molecule has 4 rings (SSSR count). The minimum absolute atomic E-state index is 0.170. The van der Waals surface area contributed by atoms with Gasteiger partial charge in [-0.15, -0.1) is 0 Å². The SMILES string of the molecule is Cc1ccc(Oc2ccc(F)c([C@H](N)[C@@H](F)CC3C(=O)NC(=O)N(C4CCOCC4)C3=O)c2)cn1. The second-order valence-electron chi connectivity index (χ2n) is 8.60. The molecule has 2 aliphatic rings. The second-order valence-corrected chi connectivity index (χ2v) is 8.60. The quantitative estimate of drug-likeness (QED) is 0.575. The van der Waals surface area contributed by atoms with Gasteiger partial charge < -0.3 is 15.2 Å². The maximum absolute atomic E-state index is 15.3. The van der Waals surface area contributed by atoms with Crippen LogP contribution in [-0.2, 0) is 14.3 Å². The Labute approximate surface area is 200 Å². The number of urea groups is 1. The third kappa shape index (κ3) is 5.46. The number of barbiturate groups is 1. The third-order valence-electron chi connectivity index (χ3n) is 6.15. The summed E-state index contributed by atoms with van der Waals surface area (Å²) >= 11 is 0. The van der Waals surface area contributed by atoms with Crippen LogP contribution in [0.25, 0.3) is 0 Å². The fourth-order valence-electron chi connectivity index (χ4n) is 4.19. The summed E-state index contributed by atoms with van der Waals surface area (Å²) in [6.45, 7) is 2.55. The first-order chi connectivity index (χ1) is 16.7. The first-order valence-corrected chi connectivity index (χ1v) is 11.3. The predicted molar refractivity (Wildman–Crippen MR) is 120 cm³/mol. The third-order valence-corrected chi connectivity index (χ3v) is 6.15. The molecule has 4 amide bonds. The van der Waals surface area contributed by atoms with Gasteiger partial charge in [-0.2, -0.15) is 0 Å². The van der Waals surface area contributed by atoms with Gasteiger partial charge in [-0.1, -0.05) is 0 Å². The zero-order valence-electron chi connectivity index (χ0n) is 19.1. The van der Waals surface area contributed by atoms with Gasteiger partial charge >= 0.3 is 6.03 Å². The van der Waals surface area contributed by atoms with Crippen molar-refractivity contribution in [1.82, 2.24) is 15.2 Å². The molecule has 2 aliphatic heterocycles. The molecule has 3 N–H and O–H groups in total. The molecule has 11 heteroatoms. The summed E-state index contributed by atoms with van der Waals surface area (Å²) in [6, 6.07) is 4.41. The van der Waals surface area contributed by atoms with Gasteiger partial charge in [-0.3, -0.25) is 24.8 Å². The molecular formula is C24H26F2N4O5. The van der Waals surface area contributed by atoms with Gasteiger partial charge in [-0.05, 0) is 50.1 Å². The highest BCUT2D eigenvalue weighted by atomic mass is 19.1. The Morgan fingerprint density at radius 3 is 2.60 bits per heavy atom. The van der Waals surface area contributed by atoms with Crippen molar-refractivity contribution in [3.05, 3.63) is 53.6 Å². The number of nitrogens with zero attached hydrogens (tertiary/aromatic N) is 2. The van der Waals surface area contributed by atoms with E-state index in [2.05, 4.69) is 10.3 Å². The van der Waals surface area contributed by atoms with E-state index in [0.29, 0.717) is 31.8 Å². The van der Waals surface area contributed by atoms with Crippen LogP contribution in [0.2, 0.25) is 0 Å². The number of carbonyl (C=O) groups excluding carboxylic acids is 3. The topological polar surface area (TPSA) is 124 Å². The van der Waals surface area contributed by atoms with E-state index in [0.717, 1.165) is 16.7 Å². The van der Waals surface area contributed by atoms with Gasteiger partial charge in [0, 0.05) is 36.9 Å². The minimum atomic E-state index is -1.95. The van der Waals surface area contributed by atoms with Crippen LogP contribution in [-0.4, -0.2) is 53.2 Å². The highest BCUT2D eigenvalue weighted by Crippen LogP contribution is 2.31. The minimum Gasteiger partial charge on any atom is -0.456 e. The molecule has 1 unspecified atom stereocenters. The molecule has 3 atom stereocenters. The van der Waals surface area contributed by atoms with E-state index >= 15 is 4.39 Å². The molecular weight excluding hydrogens is 462 g/mol. The number of ether oxygens (including phenoxy) is 2. The molecule has 35 heavy (non-hydrogen) atoms. The van der Waals surface area contributed by atoms with Gasteiger partial charge in [0.25, 0.3) is 0 Å². The molecule has 186 valence electrons. The number of imide groups is 2. The van der Waals surface area contributed by atoms with Gasteiger partial charge in [0.2, 0.25) is 11.8 Å². The standard InChI is InChI=1S/C24H26F2N4O5/c1-13-2-3-16(12-28-13)35-15-4-5-19(25)17(10-15)21(27)20(26)11-18-22(31)29-24(33)30(23(18)32)14-6-8-34-9-7-14/h2-5,10,12,14,18,20-21H,6-9,11,27H2,1H3,(H,29,31,33)/t18?,20-,21-/m0/s1. The van der Waals surface area contributed by atoms with E-state index in [4.69, 9.17) is 15.2 Å². The molecule has 1 aromatic carbocycles. The largest absolute Gasteiger partial charge is 0.456 e. The molecule has 1 aromatic heterocycles. The number of halogens is 2. The summed E-state index contributed by atoms with van der Waals surface area (Å²) in [6.07, 6.45) is -0.217. The summed E-state index contributed by atoms with van der Waals surface area (Å²) in [4.78, 5) is 42.7. The molecule has 0 saturated carbocycles. The number of hydrogen-bond acceptors (Lipinski definition) is 7. The number of nitrogens with two attached hydrogens (primary N) is 1. The average Bonchev–Trinajstić information content (AvgIpc) is 2.84. The number of aryl methyl sites for hydroxylation is 1. The number of benzene rings is 1. The Bertz CT molecular complexity index is 1110. The summed E-state index contributed by atoms with van der Waals surface area (Å²) in [5.41, 5.74) is 6.63. The maximum Gasteiger partial charge on any atom is 0.331 e. The Balaban J connectivity index is 1.48. The molecule has 0 bridgehead atoms. The lowest BCUT2D eigenvalue weighted by molar-refractivity contribution is -0.146. The van der Waals surface area contributed by atoms with Crippen LogP contribution in [0.15, 0.2) is 36.5 Å². The van der Waals surface area contributed by atoms with Crippen molar-refractivity contribution < 1.29 is 32.6 Å². The number of alkyl halides is 1.